The summed E-state index contributed by atoms with van der Waals surface area (Å²) in [5.41, 5.74) is 0.947. The minimum atomic E-state index is -0.303. The van der Waals surface area contributed by atoms with Crippen molar-refractivity contribution in [3.8, 4) is 10.7 Å². The van der Waals surface area contributed by atoms with Gasteiger partial charge in [-0.3, -0.25) is 14.5 Å². The summed E-state index contributed by atoms with van der Waals surface area (Å²) in [5, 5.41) is 8.97. The Bertz CT molecular complexity index is 1030. The summed E-state index contributed by atoms with van der Waals surface area (Å²) >= 11 is 1.60. The van der Waals surface area contributed by atoms with Crippen molar-refractivity contribution in [2.75, 3.05) is 32.7 Å². The molecule has 2 aromatic heterocycles. The molecular weight excluding hydrogens is 438 g/mol. The third kappa shape index (κ3) is 6.49. The van der Waals surface area contributed by atoms with E-state index in [0.29, 0.717) is 24.8 Å². The molecule has 1 aromatic carbocycles. The van der Waals surface area contributed by atoms with Gasteiger partial charge in [-0.25, -0.2) is 0 Å². The number of carbonyl (C=O) groups excluding carboxylic acids is 2. The Kier molecular flexibility index (Phi) is 7.85. The Balaban J connectivity index is 1.20. The summed E-state index contributed by atoms with van der Waals surface area (Å²) in [6, 6.07) is 13.3. The second-order valence-corrected chi connectivity index (χ2v) is 9.13. The second kappa shape index (κ2) is 11.2. The summed E-state index contributed by atoms with van der Waals surface area (Å²) in [5.74, 6) is 1.26. The number of carbonyl (C=O) groups is 2. The van der Waals surface area contributed by atoms with Gasteiger partial charge in [0, 0.05) is 39.5 Å². The molecule has 1 saturated heterocycles. The van der Waals surface area contributed by atoms with Gasteiger partial charge in [0.25, 0.3) is 0 Å². The Morgan fingerprint density at radius 2 is 1.91 bits per heavy atom. The van der Waals surface area contributed by atoms with Gasteiger partial charge in [-0.05, 0) is 30.0 Å². The lowest BCUT2D eigenvalue weighted by Crippen LogP contribution is -2.49. The number of nitrogens with one attached hydrogen (secondary N) is 1. The van der Waals surface area contributed by atoms with E-state index in [1.54, 1.807) is 11.3 Å². The first-order valence-electron chi connectivity index (χ1n) is 11.3. The summed E-state index contributed by atoms with van der Waals surface area (Å²) in [4.78, 5) is 34.3. The number of thiophene rings is 1. The van der Waals surface area contributed by atoms with Crippen molar-refractivity contribution in [2.45, 2.75) is 32.2 Å². The fraction of sp³-hybridized carbons (Fsp3) is 0.417. The summed E-state index contributed by atoms with van der Waals surface area (Å²) in [7, 11) is 0. The van der Waals surface area contributed by atoms with E-state index in [9.17, 15) is 9.59 Å². The quantitative estimate of drug-likeness (QED) is 0.520. The van der Waals surface area contributed by atoms with Crippen LogP contribution in [0.5, 0.6) is 0 Å². The van der Waals surface area contributed by atoms with Crippen molar-refractivity contribution < 1.29 is 14.1 Å². The third-order valence-electron chi connectivity index (χ3n) is 5.76. The fourth-order valence-corrected chi connectivity index (χ4v) is 4.67. The molecule has 2 amide bonds. The number of aryl methyl sites for hydroxylation is 1. The number of hydrogen-bond donors (Lipinski definition) is 1. The number of rotatable bonds is 9. The lowest BCUT2D eigenvalue weighted by Gasteiger charge is -2.35. The Morgan fingerprint density at radius 3 is 2.61 bits per heavy atom. The van der Waals surface area contributed by atoms with Crippen molar-refractivity contribution in [2.24, 2.45) is 0 Å². The molecule has 1 N–H and O–H groups in total. The first-order chi connectivity index (χ1) is 16.1. The first-order valence-corrected chi connectivity index (χ1v) is 12.1. The first kappa shape index (κ1) is 23.1. The van der Waals surface area contributed by atoms with Crippen LogP contribution < -0.4 is 5.32 Å². The zero-order valence-electron chi connectivity index (χ0n) is 18.8. The smallest absolute Gasteiger partial charge is 0.227 e. The van der Waals surface area contributed by atoms with Crippen LogP contribution in [0.4, 0.5) is 0 Å². The second-order valence-electron chi connectivity index (χ2n) is 8.18. The SMILES string of the molecule is CC(=O)NC(CC(=O)N1CCN(CCCc2nc(-c3cccs3)no2)CC1)c1ccccc1. The Morgan fingerprint density at radius 1 is 1.12 bits per heavy atom. The largest absolute Gasteiger partial charge is 0.349 e. The highest BCUT2D eigenvalue weighted by Gasteiger charge is 2.24. The van der Waals surface area contributed by atoms with Crippen LogP contribution in [0.3, 0.4) is 0 Å². The molecule has 0 aliphatic carbocycles. The van der Waals surface area contributed by atoms with Crippen LogP contribution in [0, 0.1) is 0 Å². The number of benzene rings is 1. The van der Waals surface area contributed by atoms with Crippen molar-refractivity contribution in [1.82, 2.24) is 25.3 Å². The summed E-state index contributed by atoms with van der Waals surface area (Å²) in [6.07, 6.45) is 1.94. The molecule has 0 radical (unpaired) electrons. The van der Waals surface area contributed by atoms with Gasteiger partial charge < -0.3 is 14.7 Å². The van der Waals surface area contributed by atoms with E-state index in [1.165, 1.54) is 6.92 Å². The molecule has 1 unspecified atom stereocenters. The summed E-state index contributed by atoms with van der Waals surface area (Å²) in [6.45, 7) is 5.49. The monoisotopic (exact) mass is 467 g/mol. The van der Waals surface area contributed by atoms with Crippen LogP contribution >= 0.6 is 11.3 Å². The standard InChI is InChI=1S/C24H29N5O3S/c1-18(30)25-20(19-7-3-2-4-8-19)17-23(31)29-14-12-28(13-15-29)11-5-10-22-26-24(27-32-22)21-9-6-16-33-21/h2-4,6-9,16,20H,5,10-15,17H2,1H3,(H,25,30). The van der Waals surface area contributed by atoms with Crippen molar-refractivity contribution in [3.05, 3.63) is 59.3 Å². The van der Waals surface area contributed by atoms with Gasteiger partial charge in [-0.1, -0.05) is 41.6 Å². The van der Waals surface area contributed by atoms with Gasteiger partial charge in [0.2, 0.25) is 23.5 Å². The van der Waals surface area contributed by atoms with E-state index in [-0.39, 0.29) is 24.3 Å². The van der Waals surface area contributed by atoms with E-state index in [2.05, 4.69) is 20.4 Å². The van der Waals surface area contributed by atoms with Crippen LogP contribution in [0.2, 0.25) is 0 Å². The molecule has 0 spiro atoms. The van der Waals surface area contributed by atoms with Crippen molar-refractivity contribution in [3.63, 3.8) is 0 Å². The topological polar surface area (TPSA) is 91.6 Å². The molecule has 3 heterocycles. The van der Waals surface area contributed by atoms with Crippen LogP contribution in [-0.2, 0) is 16.0 Å². The van der Waals surface area contributed by atoms with Crippen LogP contribution in [0.15, 0.2) is 52.4 Å². The number of hydrogen-bond acceptors (Lipinski definition) is 7. The molecule has 1 fully saturated rings. The Hall–Kier alpha value is -3.04. The molecule has 9 heteroatoms. The third-order valence-corrected chi connectivity index (χ3v) is 6.62. The van der Waals surface area contributed by atoms with Gasteiger partial charge in [0.05, 0.1) is 17.3 Å². The van der Waals surface area contributed by atoms with Crippen LogP contribution in [-0.4, -0.2) is 64.5 Å². The molecule has 1 atom stereocenters. The maximum absolute atomic E-state index is 12.9. The van der Waals surface area contributed by atoms with Gasteiger partial charge >= 0.3 is 0 Å². The van der Waals surface area contributed by atoms with Crippen LogP contribution in [0.1, 0.15) is 37.3 Å². The Labute approximate surface area is 197 Å². The molecule has 1 aliphatic rings. The number of amides is 2. The van der Waals surface area contributed by atoms with Crippen molar-refractivity contribution >= 4 is 23.2 Å². The molecule has 0 bridgehead atoms. The average Bonchev–Trinajstić information content (AvgIpc) is 3.52. The summed E-state index contributed by atoms with van der Waals surface area (Å²) < 4.78 is 5.37. The number of nitrogens with zero attached hydrogens (tertiary/aromatic N) is 4. The molecule has 33 heavy (non-hydrogen) atoms. The maximum atomic E-state index is 12.9. The normalized spacial score (nSPS) is 15.4. The molecule has 174 valence electrons. The fourth-order valence-electron chi connectivity index (χ4n) is 4.02. The number of piperazine rings is 1. The van der Waals surface area contributed by atoms with Crippen LogP contribution in [0.25, 0.3) is 10.7 Å². The van der Waals surface area contributed by atoms with E-state index in [1.807, 2.05) is 52.7 Å². The molecular formula is C24H29N5O3S. The highest BCUT2D eigenvalue weighted by molar-refractivity contribution is 7.13. The highest BCUT2D eigenvalue weighted by atomic mass is 32.1. The van der Waals surface area contributed by atoms with E-state index < -0.39 is 0 Å². The van der Waals surface area contributed by atoms with Gasteiger partial charge in [0.15, 0.2) is 0 Å². The highest BCUT2D eigenvalue weighted by Crippen LogP contribution is 2.22. The lowest BCUT2D eigenvalue weighted by atomic mass is 10.0. The molecule has 0 saturated carbocycles. The van der Waals surface area contributed by atoms with Gasteiger partial charge in [-0.15, -0.1) is 11.3 Å². The van der Waals surface area contributed by atoms with Gasteiger partial charge in [-0.2, -0.15) is 4.98 Å². The van der Waals surface area contributed by atoms with E-state index in [4.69, 9.17) is 4.52 Å². The predicted molar refractivity (Wildman–Crippen MR) is 127 cm³/mol. The minimum absolute atomic E-state index is 0.0734. The molecule has 8 nitrogen and oxygen atoms in total. The van der Waals surface area contributed by atoms with Gasteiger partial charge in [0.1, 0.15) is 0 Å². The predicted octanol–water partition coefficient (Wildman–Crippen LogP) is 3.14. The molecule has 4 rings (SSSR count). The van der Waals surface area contributed by atoms with E-state index in [0.717, 1.165) is 42.9 Å². The lowest BCUT2D eigenvalue weighted by molar-refractivity contribution is -0.133. The van der Waals surface area contributed by atoms with Crippen molar-refractivity contribution in [1.29, 1.82) is 0 Å². The number of aromatic nitrogens is 2. The minimum Gasteiger partial charge on any atom is -0.349 e. The van der Waals surface area contributed by atoms with E-state index >= 15 is 0 Å². The zero-order valence-corrected chi connectivity index (χ0v) is 19.6. The molecule has 1 aliphatic heterocycles. The zero-order chi connectivity index (χ0) is 23.0. The average molecular weight is 468 g/mol. The molecule has 3 aromatic rings. The maximum Gasteiger partial charge on any atom is 0.227 e.